The first kappa shape index (κ1) is 12.0. The lowest BCUT2D eigenvalue weighted by molar-refractivity contribution is 0.389. The van der Waals surface area contributed by atoms with Crippen LogP contribution in [0.2, 0.25) is 0 Å². The van der Waals surface area contributed by atoms with Crippen LogP contribution in [-0.4, -0.2) is 31.0 Å². The fourth-order valence-corrected chi connectivity index (χ4v) is 3.09. The van der Waals surface area contributed by atoms with Crippen LogP contribution in [0.25, 0.3) is 0 Å². The first-order valence-corrected chi connectivity index (χ1v) is 7.11. The Hall–Kier alpha value is -0.430. The summed E-state index contributed by atoms with van der Waals surface area (Å²) < 4.78 is 30.2. The number of epoxide rings is 1. The monoisotopic (exact) mass is 305 g/mol. The number of rotatable bonds is 5. The van der Waals surface area contributed by atoms with E-state index >= 15 is 0 Å². The zero-order valence-corrected chi connectivity index (χ0v) is 10.9. The SMILES string of the molecule is O=S(=O)(c1ccccc1)N(Br)CCC1CO1. The lowest BCUT2D eigenvalue weighted by Crippen LogP contribution is -2.23. The van der Waals surface area contributed by atoms with E-state index in [1.165, 1.54) is 3.33 Å². The number of ether oxygens (including phenoxy) is 1. The van der Waals surface area contributed by atoms with Crippen LogP contribution in [0, 0.1) is 0 Å². The largest absolute Gasteiger partial charge is 0.373 e. The average Bonchev–Trinajstić information content (AvgIpc) is 3.11. The van der Waals surface area contributed by atoms with Crippen molar-refractivity contribution in [2.75, 3.05) is 13.2 Å². The van der Waals surface area contributed by atoms with Crippen molar-refractivity contribution >= 4 is 26.2 Å². The van der Waals surface area contributed by atoms with Gasteiger partial charge in [0.05, 0.1) is 17.6 Å². The number of hydrogen-bond donors (Lipinski definition) is 0. The highest BCUT2D eigenvalue weighted by molar-refractivity contribution is 9.08. The van der Waals surface area contributed by atoms with Crippen molar-refractivity contribution in [1.29, 1.82) is 0 Å². The molecule has 16 heavy (non-hydrogen) atoms. The zero-order valence-electron chi connectivity index (χ0n) is 8.54. The summed E-state index contributed by atoms with van der Waals surface area (Å²) in [4.78, 5) is 0.295. The maximum atomic E-state index is 12.0. The summed E-state index contributed by atoms with van der Waals surface area (Å²) in [6.45, 7) is 1.16. The maximum Gasteiger partial charge on any atom is 0.252 e. The molecule has 0 spiro atoms. The molecule has 0 aliphatic carbocycles. The first-order chi connectivity index (χ1) is 7.60. The number of benzene rings is 1. The van der Waals surface area contributed by atoms with Crippen LogP contribution in [0.1, 0.15) is 6.42 Å². The predicted molar refractivity (Wildman–Crippen MR) is 63.6 cm³/mol. The van der Waals surface area contributed by atoms with E-state index in [1.54, 1.807) is 30.3 Å². The third kappa shape index (κ3) is 2.82. The molecule has 1 unspecified atom stereocenters. The van der Waals surface area contributed by atoms with Gasteiger partial charge >= 0.3 is 0 Å². The second-order valence-electron chi connectivity index (χ2n) is 3.57. The number of halogens is 1. The van der Waals surface area contributed by atoms with Crippen LogP contribution in [-0.2, 0) is 14.8 Å². The van der Waals surface area contributed by atoms with Crippen LogP contribution < -0.4 is 0 Å². The van der Waals surface area contributed by atoms with E-state index in [-0.39, 0.29) is 6.10 Å². The third-order valence-electron chi connectivity index (χ3n) is 2.33. The topological polar surface area (TPSA) is 49.9 Å². The van der Waals surface area contributed by atoms with Crippen molar-refractivity contribution in [2.45, 2.75) is 17.4 Å². The van der Waals surface area contributed by atoms with Gasteiger partial charge in [0.2, 0.25) is 0 Å². The molecule has 1 saturated heterocycles. The Labute approximate surface area is 104 Å². The molecular weight excluding hydrogens is 294 g/mol. The Morgan fingerprint density at radius 2 is 2.00 bits per heavy atom. The minimum absolute atomic E-state index is 0.228. The minimum atomic E-state index is -3.41. The Bertz CT molecular complexity index is 444. The fourth-order valence-electron chi connectivity index (χ4n) is 1.31. The molecule has 0 saturated carbocycles. The number of nitrogens with zero attached hydrogens (tertiary/aromatic N) is 1. The van der Waals surface area contributed by atoms with Gasteiger partial charge in [-0.25, -0.2) is 8.42 Å². The molecule has 0 bridgehead atoms. The molecule has 88 valence electrons. The van der Waals surface area contributed by atoms with Gasteiger partial charge in [-0.05, 0) is 18.6 Å². The van der Waals surface area contributed by atoms with Crippen LogP contribution in [0.5, 0.6) is 0 Å². The predicted octanol–water partition coefficient (Wildman–Crippen LogP) is 1.78. The van der Waals surface area contributed by atoms with Crippen molar-refractivity contribution in [3.8, 4) is 0 Å². The summed E-state index contributed by atoms with van der Waals surface area (Å²) in [7, 11) is -3.41. The Morgan fingerprint density at radius 1 is 1.38 bits per heavy atom. The second kappa shape index (κ2) is 4.83. The molecule has 1 aromatic carbocycles. The van der Waals surface area contributed by atoms with Gasteiger partial charge in [-0.1, -0.05) is 18.2 Å². The van der Waals surface area contributed by atoms with Gasteiger partial charge < -0.3 is 4.74 Å². The van der Waals surface area contributed by atoms with E-state index in [9.17, 15) is 8.42 Å². The second-order valence-corrected chi connectivity index (χ2v) is 6.76. The molecule has 4 nitrogen and oxygen atoms in total. The molecule has 0 amide bonds. The summed E-state index contributed by atoms with van der Waals surface area (Å²) >= 11 is 3.08. The highest BCUT2D eigenvalue weighted by Gasteiger charge is 2.27. The molecule has 1 fully saturated rings. The summed E-state index contributed by atoms with van der Waals surface area (Å²) in [5, 5.41) is 0. The summed E-state index contributed by atoms with van der Waals surface area (Å²) in [5.74, 6) is 0. The summed E-state index contributed by atoms with van der Waals surface area (Å²) in [6, 6.07) is 8.36. The molecule has 0 aromatic heterocycles. The van der Waals surface area contributed by atoms with Gasteiger partial charge in [0.25, 0.3) is 10.0 Å². The summed E-state index contributed by atoms with van der Waals surface area (Å²) in [5.41, 5.74) is 0. The Balaban J connectivity index is 2.05. The van der Waals surface area contributed by atoms with Crippen molar-refractivity contribution in [3.63, 3.8) is 0 Å². The standard InChI is InChI=1S/C10H12BrNO3S/c11-12(7-6-9-8-15-9)16(13,14)10-4-2-1-3-5-10/h1-5,9H,6-8H2. The first-order valence-electron chi connectivity index (χ1n) is 4.96. The molecule has 0 radical (unpaired) electrons. The van der Waals surface area contributed by atoms with Crippen LogP contribution >= 0.6 is 16.1 Å². The average molecular weight is 306 g/mol. The van der Waals surface area contributed by atoms with E-state index in [1.807, 2.05) is 0 Å². The molecule has 2 rings (SSSR count). The molecule has 1 atom stereocenters. The highest BCUT2D eigenvalue weighted by atomic mass is 79.9. The van der Waals surface area contributed by atoms with E-state index in [0.29, 0.717) is 11.4 Å². The highest BCUT2D eigenvalue weighted by Crippen LogP contribution is 2.21. The van der Waals surface area contributed by atoms with Crippen molar-refractivity contribution in [3.05, 3.63) is 30.3 Å². The third-order valence-corrected chi connectivity index (χ3v) is 5.40. The Morgan fingerprint density at radius 3 is 2.56 bits per heavy atom. The molecule has 0 N–H and O–H groups in total. The van der Waals surface area contributed by atoms with Crippen molar-refractivity contribution < 1.29 is 13.2 Å². The van der Waals surface area contributed by atoms with Gasteiger partial charge in [0.1, 0.15) is 0 Å². The lowest BCUT2D eigenvalue weighted by Gasteiger charge is -2.13. The molecule has 1 aliphatic heterocycles. The van der Waals surface area contributed by atoms with Crippen molar-refractivity contribution in [2.24, 2.45) is 0 Å². The van der Waals surface area contributed by atoms with Crippen LogP contribution in [0.4, 0.5) is 0 Å². The molecule has 1 heterocycles. The lowest BCUT2D eigenvalue weighted by atomic mass is 10.3. The van der Waals surface area contributed by atoms with Gasteiger partial charge in [-0.2, -0.15) is 0 Å². The molecule has 6 heteroatoms. The fraction of sp³-hybridized carbons (Fsp3) is 0.400. The molecule has 1 aromatic rings. The minimum Gasteiger partial charge on any atom is -0.373 e. The number of hydrogen-bond acceptors (Lipinski definition) is 3. The van der Waals surface area contributed by atoms with E-state index in [0.717, 1.165) is 13.0 Å². The Kier molecular flexibility index (Phi) is 3.63. The van der Waals surface area contributed by atoms with E-state index < -0.39 is 10.0 Å². The van der Waals surface area contributed by atoms with Gasteiger partial charge in [0, 0.05) is 22.7 Å². The summed E-state index contributed by atoms with van der Waals surface area (Å²) in [6.07, 6.45) is 0.947. The van der Waals surface area contributed by atoms with E-state index in [2.05, 4.69) is 16.1 Å². The molecule has 1 aliphatic rings. The maximum absolute atomic E-state index is 12.0. The molecular formula is C10H12BrNO3S. The van der Waals surface area contributed by atoms with E-state index in [4.69, 9.17) is 4.74 Å². The van der Waals surface area contributed by atoms with Gasteiger partial charge in [-0.3, -0.25) is 0 Å². The smallest absolute Gasteiger partial charge is 0.252 e. The van der Waals surface area contributed by atoms with Gasteiger partial charge in [0.15, 0.2) is 0 Å². The van der Waals surface area contributed by atoms with Gasteiger partial charge in [-0.15, -0.1) is 3.33 Å². The van der Waals surface area contributed by atoms with Crippen LogP contribution in [0.15, 0.2) is 35.2 Å². The van der Waals surface area contributed by atoms with Crippen LogP contribution in [0.3, 0.4) is 0 Å². The van der Waals surface area contributed by atoms with Crippen molar-refractivity contribution in [1.82, 2.24) is 3.33 Å². The normalized spacial score (nSPS) is 20.0. The zero-order chi connectivity index (χ0) is 11.6. The quantitative estimate of drug-likeness (QED) is 0.615. The number of sulfonamides is 1.